The smallest absolute Gasteiger partial charge is 0.214 e. The standard InChI is InChI=1S/C24H21BrClFN4O2S/c1-2-32-21-12-15(11-18(25)22(21)33-14-17-19(26)9-6-10-20(17)27)13-28-31-23(29-30-24(31)34)16-7-4-3-5-8-16/h3-12,28H,2,13-14H2,1H3,(H,30,34). The van der Waals surface area contributed by atoms with Gasteiger partial charge in [0.25, 0.3) is 0 Å². The maximum Gasteiger partial charge on any atom is 0.214 e. The molecule has 0 atom stereocenters. The van der Waals surface area contributed by atoms with Crippen molar-refractivity contribution < 1.29 is 13.9 Å². The lowest BCUT2D eigenvalue weighted by molar-refractivity contribution is 0.264. The largest absolute Gasteiger partial charge is 0.490 e. The van der Waals surface area contributed by atoms with Crippen molar-refractivity contribution in [1.82, 2.24) is 14.9 Å². The molecular weight excluding hydrogens is 543 g/mol. The number of hydrogen-bond acceptors (Lipinski definition) is 5. The monoisotopic (exact) mass is 562 g/mol. The van der Waals surface area contributed by atoms with Crippen LogP contribution in [0.1, 0.15) is 18.1 Å². The molecule has 3 aromatic carbocycles. The molecule has 0 fully saturated rings. The first kappa shape index (κ1) is 24.3. The van der Waals surface area contributed by atoms with E-state index < -0.39 is 5.82 Å². The number of aromatic nitrogens is 3. The zero-order chi connectivity index (χ0) is 24.1. The molecule has 0 radical (unpaired) electrons. The normalized spacial score (nSPS) is 10.8. The molecule has 0 amide bonds. The average molecular weight is 564 g/mol. The van der Waals surface area contributed by atoms with Gasteiger partial charge in [-0.25, -0.2) is 14.2 Å². The maximum absolute atomic E-state index is 14.2. The fourth-order valence-electron chi connectivity index (χ4n) is 3.34. The second kappa shape index (κ2) is 11.0. The van der Waals surface area contributed by atoms with Crippen LogP contribution in [0.3, 0.4) is 0 Å². The van der Waals surface area contributed by atoms with Gasteiger partial charge in [0.1, 0.15) is 12.4 Å². The van der Waals surface area contributed by atoms with E-state index in [0.717, 1.165) is 11.1 Å². The molecule has 0 saturated heterocycles. The molecule has 1 heterocycles. The number of aromatic amines is 1. The van der Waals surface area contributed by atoms with E-state index in [9.17, 15) is 4.39 Å². The number of nitrogens with one attached hydrogen (secondary N) is 2. The van der Waals surface area contributed by atoms with Crippen molar-refractivity contribution in [2.24, 2.45) is 0 Å². The van der Waals surface area contributed by atoms with Gasteiger partial charge in [0, 0.05) is 11.1 Å². The predicted octanol–water partition coefficient (Wildman–Crippen LogP) is 6.88. The van der Waals surface area contributed by atoms with Crippen LogP contribution in [0.25, 0.3) is 11.4 Å². The molecule has 4 aromatic rings. The number of rotatable bonds is 9. The van der Waals surface area contributed by atoms with Crippen LogP contribution in [0.5, 0.6) is 11.5 Å². The van der Waals surface area contributed by atoms with Crippen molar-refractivity contribution in [2.75, 3.05) is 12.0 Å². The molecule has 0 bridgehead atoms. The highest BCUT2D eigenvalue weighted by Crippen LogP contribution is 2.38. The SMILES string of the molecule is CCOc1cc(CNn2c(-c3ccccc3)n[nH]c2=S)cc(Br)c1OCc1c(F)cccc1Cl. The lowest BCUT2D eigenvalue weighted by atomic mass is 10.2. The Hall–Kier alpha value is -2.88. The third-order valence-corrected chi connectivity index (χ3v) is 6.15. The summed E-state index contributed by atoms with van der Waals surface area (Å²) in [7, 11) is 0. The minimum Gasteiger partial charge on any atom is -0.490 e. The molecule has 10 heteroatoms. The van der Waals surface area contributed by atoms with Gasteiger partial charge < -0.3 is 14.9 Å². The molecule has 34 heavy (non-hydrogen) atoms. The van der Waals surface area contributed by atoms with E-state index in [1.54, 1.807) is 16.8 Å². The number of H-pyrrole nitrogens is 1. The number of nitrogens with zero attached hydrogens (tertiary/aromatic N) is 2. The van der Waals surface area contributed by atoms with Crippen molar-refractivity contribution in [2.45, 2.75) is 20.1 Å². The summed E-state index contributed by atoms with van der Waals surface area (Å²) in [6.07, 6.45) is 0. The summed E-state index contributed by atoms with van der Waals surface area (Å²) in [5.74, 6) is 1.25. The van der Waals surface area contributed by atoms with Crippen molar-refractivity contribution in [3.05, 3.63) is 91.9 Å². The number of halogens is 3. The van der Waals surface area contributed by atoms with E-state index in [-0.39, 0.29) is 12.2 Å². The summed E-state index contributed by atoms with van der Waals surface area (Å²) in [6.45, 7) is 2.72. The summed E-state index contributed by atoms with van der Waals surface area (Å²) in [6, 6.07) is 18.0. The number of hydrogen-bond donors (Lipinski definition) is 2. The van der Waals surface area contributed by atoms with Crippen LogP contribution in [0.15, 0.2) is 65.1 Å². The number of benzene rings is 3. The van der Waals surface area contributed by atoms with Crippen LogP contribution >= 0.6 is 39.7 Å². The van der Waals surface area contributed by atoms with Gasteiger partial charge in [0.2, 0.25) is 4.77 Å². The second-order valence-electron chi connectivity index (χ2n) is 7.22. The highest BCUT2D eigenvalue weighted by Gasteiger charge is 2.16. The van der Waals surface area contributed by atoms with Crippen LogP contribution in [-0.4, -0.2) is 21.5 Å². The first-order chi connectivity index (χ1) is 16.5. The number of ether oxygens (including phenoxy) is 2. The zero-order valence-corrected chi connectivity index (χ0v) is 21.3. The van der Waals surface area contributed by atoms with Gasteiger partial charge in [-0.15, -0.1) is 0 Å². The average Bonchev–Trinajstić information content (AvgIpc) is 3.19. The molecule has 0 aliphatic rings. The molecule has 0 spiro atoms. The lowest BCUT2D eigenvalue weighted by Crippen LogP contribution is -2.16. The quantitative estimate of drug-likeness (QED) is 0.217. The molecule has 2 N–H and O–H groups in total. The van der Waals surface area contributed by atoms with Crippen LogP contribution in [-0.2, 0) is 13.2 Å². The Morgan fingerprint density at radius 1 is 1.15 bits per heavy atom. The molecule has 6 nitrogen and oxygen atoms in total. The van der Waals surface area contributed by atoms with E-state index in [1.807, 2.05) is 49.4 Å². The Morgan fingerprint density at radius 3 is 2.68 bits per heavy atom. The molecule has 0 saturated carbocycles. The van der Waals surface area contributed by atoms with Gasteiger partial charge in [-0.3, -0.25) is 0 Å². The molecular formula is C24H21BrClFN4O2S. The summed E-state index contributed by atoms with van der Waals surface area (Å²) < 4.78 is 28.7. The fraction of sp³-hybridized carbons (Fsp3) is 0.167. The van der Waals surface area contributed by atoms with E-state index in [0.29, 0.717) is 44.7 Å². The van der Waals surface area contributed by atoms with E-state index in [2.05, 4.69) is 31.6 Å². The molecule has 4 rings (SSSR count). The molecule has 1 aromatic heterocycles. The first-order valence-corrected chi connectivity index (χ1v) is 12.0. The molecule has 0 aliphatic carbocycles. The topological polar surface area (TPSA) is 64.1 Å². The summed E-state index contributed by atoms with van der Waals surface area (Å²) >= 11 is 15.1. The first-order valence-electron chi connectivity index (χ1n) is 10.5. The predicted molar refractivity (Wildman–Crippen MR) is 137 cm³/mol. The Kier molecular flexibility index (Phi) is 7.87. The van der Waals surface area contributed by atoms with Crippen LogP contribution < -0.4 is 14.9 Å². The Balaban J connectivity index is 1.56. The molecule has 176 valence electrons. The van der Waals surface area contributed by atoms with Crippen LogP contribution in [0.2, 0.25) is 5.02 Å². The molecule has 0 unspecified atom stereocenters. The maximum atomic E-state index is 14.2. The third kappa shape index (κ3) is 5.43. The molecule has 0 aliphatic heterocycles. The highest BCUT2D eigenvalue weighted by atomic mass is 79.9. The zero-order valence-electron chi connectivity index (χ0n) is 18.1. The Labute approximate surface area is 214 Å². The van der Waals surface area contributed by atoms with Crippen molar-refractivity contribution in [1.29, 1.82) is 0 Å². The van der Waals surface area contributed by atoms with Gasteiger partial charge >= 0.3 is 0 Å². The van der Waals surface area contributed by atoms with Gasteiger partial charge in [0.05, 0.1) is 22.6 Å². The van der Waals surface area contributed by atoms with Crippen molar-refractivity contribution >= 4 is 39.7 Å². The van der Waals surface area contributed by atoms with Crippen molar-refractivity contribution in [3.8, 4) is 22.9 Å². The van der Waals surface area contributed by atoms with E-state index in [1.165, 1.54) is 6.07 Å². The summed E-state index contributed by atoms with van der Waals surface area (Å²) in [5.41, 5.74) is 5.42. The summed E-state index contributed by atoms with van der Waals surface area (Å²) in [4.78, 5) is 0. The van der Waals surface area contributed by atoms with Gasteiger partial charge in [-0.05, 0) is 64.9 Å². The van der Waals surface area contributed by atoms with Crippen LogP contribution in [0.4, 0.5) is 4.39 Å². The van der Waals surface area contributed by atoms with Crippen LogP contribution in [0, 0.1) is 10.6 Å². The minimum atomic E-state index is -0.423. The van der Waals surface area contributed by atoms with E-state index in [4.69, 9.17) is 33.3 Å². The van der Waals surface area contributed by atoms with Gasteiger partial charge in [0.15, 0.2) is 17.3 Å². The van der Waals surface area contributed by atoms with Gasteiger partial charge in [-0.1, -0.05) is 48.0 Å². The third-order valence-electron chi connectivity index (χ3n) is 4.94. The lowest BCUT2D eigenvalue weighted by Gasteiger charge is -2.17. The highest BCUT2D eigenvalue weighted by molar-refractivity contribution is 9.10. The Bertz CT molecular complexity index is 1330. The Morgan fingerprint density at radius 2 is 1.94 bits per heavy atom. The van der Waals surface area contributed by atoms with Gasteiger partial charge in [-0.2, -0.15) is 5.10 Å². The minimum absolute atomic E-state index is 0.0353. The van der Waals surface area contributed by atoms with E-state index >= 15 is 0 Å². The fourth-order valence-corrected chi connectivity index (χ4v) is 4.35. The second-order valence-corrected chi connectivity index (χ2v) is 8.86. The van der Waals surface area contributed by atoms with Crippen molar-refractivity contribution in [3.63, 3.8) is 0 Å². The summed E-state index contributed by atoms with van der Waals surface area (Å²) in [5, 5.41) is 7.46.